The molecule has 0 aliphatic rings. The minimum atomic E-state index is -1.09. The van der Waals surface area contributed by atoms with Crippen LogP contribution in [0.25, 0.3) is 0 Å². The quantitative estimate of drug-likeness (QED) is 0.602. The fourth-order valence-corrected chi connectivity index (χ4v) is 0.821. The highest BCUT2D eigenvalue weighted by Gasteiger charge is 2.32. The lowest BCUT2D eigenvalue weighted by atomic mass is 9.87. The predicted octanol–water partition coefficient (Wildman–Crippen LogP) is 0.235. The summed E-state index contributed by atoms with van der Waals surface area (Å²) in [4.78, 5) is 21.5. The summed E-state index contributed by atoms with van der Waals surface area (Å²) in [5.74, 6) is 0.0159. The molecular weight excluding hydrogens is 170 g/mol. The maximum atomic E-state index is 10.8. The van der Waals surface area contributed by atoms with Crippen molar-refractivity contribution in [2.45, 2.75) is 26.8 Å². The first-order valence-corrected chi connectivity index (χ1v) is 3.79. The smallest absolute Gasteiger partial charge is 0.326 e. The van der Waals surface area contributed by atoms with Crippen molar-refractivity contribution in [3.8, 4) is 12.3 Å². The Kier molecular flexibility index (Phi) is 3.49. The SMILES string of the molecule is C#CC(=O)N[C@H](C(=O)O)C(C)(C)C. The molecule has 0 heterocycles. The van der Waals surface area contributed by atoms with E-state index in [0.29, 0.717) is 0 Å². The van der Waals surface area contributed by atoms with Crippen molar-refractivity contribution in [3.63, 3.8) is 0 Å². The molecule has 0 aliphatic carbocycles. The summed E-state index contributed by atoms with van der Waals surface area (Å²) >= 11 is 0. The molecule has 0 saturated carbocycles. The second-order valence-corrected chi connectivity index (χ2v) is 3.76. The van der Waals surface area contributed by atoms with Crippen molar-refractivity contribution in [2.75, 3.05) is 0 Å². The highest BCUT2D eigenvalue weighted by molar-refractivity contribution is 5.95. The number of rotatable bonds is 2. The zero-order valence-electron chi connectivity index (χ0n) is 7.92. The van der Waals surface area contributed by atoms with Gasteiger partial charge in [0.25, 0.3) is 5.91 Å². The summed E-state index contributed by atoms with van der Waals surface area (Å²) in [7, 11) is 0. The predicted molar refractivity (Wildman–Crippen MR) is 47.9 cm³/mol. The molecule has 0 aliphatic heterocycles. The van der Waals surface area contributed by atoms with Gasteiger partial charge in [0.05, 0.1) is 0 Å². The maximum Gasteiger partial charge on any atom is 0.326 e. The number of carboxylic acids is 1. The Bertz CT molecular complexity index is 257. The molecule has 0 saturated heterocycles. The number of amides is 1. The van der Waals surface area contributed by atoms with Crippen LogP contribution in [-0.2, 0) is 9.59 Å². The summed E-state index contributed by atoms with van der Waals surface area (Å²) in [6.45, 7) is 5.13. The van der Waals surface area contributed by atoms with E-state index < -0.39 is 23.3 Å². The van der Waals surface area contributed by atoms with Crippen LogP contribution >= 0.6 is 0 Å². The van der Waals surface area contributed by atoms with Gasteiger partial charge in [0.15, 0.2) is 0 Å². The average Bonchev–Trinajstić information content (AvgIpc) is 1.96. The van der Waals surface area contributed by atoms with Crippen molar-refractivity contribution in [1.29, 1.82) is 0 Å². The van der Waals surface area contributed by atoms with E-state index in [4.69, 9.17) is 11.5 Å². The summed E-state index contributed by atoms with van der Waals surface area (Å²) in [6.07, 6.45) is 4.81. The monoisotopic (exact) mass is 183 g/mol. The molecule has 0 bridgehead atoms. The van der Waals surface area contributed by atoms with Gasteiger partial charge in [0, 0.05) is 0 Å². The van der Waals surface area contributed by atoms with E-state index in [9.17, 15) is 9.59 Å². The molecule has 0 unspecified atom stereocenters. The molecule has 0 fully saturated rings. The molecule has 0 aromatic carbocycles. The number of carbonyl (C=O) groups excluding carboxylic acids is 1. The number of hydrogen-bond donors (Lipinski definition) is 2. The lowest BCUT2D eigenvalue weighted by Gasteiger charge is -2.26. The normalized spacial score (nSPS) is 12.8. The van der Waals surface area contributed by atoms with Crippen molar-refractivity contribution < 1.29 is 14.7 Å². The van der Waals surface area contributed by atoms with Gasteiger partial charge in [0.2, 0.25) is 0 Å². The molecule has 4 heteroatoms. The Morgan fingerprint density at radius 1 is 1.46 bits per heavy atom. The van der Waals surface area contributed by atoms with Gasteiger partial charge in [-0.2, -0.15) is 0 Å². The third-order valence-corrected chi connectivity index (χ3v) is 1.52. The number of carbonyl (C=O) groups is 2. The fourth-order valence-electron chi connectivity index (χ4n) is 0.821. The average molecular weight is 183 g/mol. The van der Waals surface area contributed by atoms with Crippen molar-refractivity contribution in [2.24, 2.45) is 5.41 Å². The van der Waals surface area contributed by atoms with Gasteiger partial charge >= 0.3 is 5.97 Å². The number of nitrogens with one attached hydrogen (secondary N) is 1. The lowest BCUT2D eigenvalue weighted by Crippen LogP contribution is -2.48. The van der Waals surface area contributed by atoms with E-state index in [-0.39, 0.29) is 0 Å². The van der Waals surface area contributed by atoms with E-state index in [1.807, 2.05) is 5.92 Å². The van der Waals surface area contributed by atoms with E-state index in [0.717, 1.165) is 0 Å². The number of terminal acetylenes is 1. The summed E-state index contributed by atoms with van der Waals surface area (Å²) < 4.78 is 0. The van der Waals surface area contributed by atoms with Crippen LogP contribution in [0.15, 0.2) is 0 Å². The van der Waals surface area contributed by atoms with Gasteiger partial charge in [0.1, 0.15) is 6.04 Å². The van der Waals surface area contributed by atoms with Gasteiger partial charge < -0.3 is 10.4 Å². The third-order valence-electron chi connectivity index (χ3n) is 1.52. The van der Waals surface area contributed by atoms with Crippen LogP contribution in [-0.4, -0.2) is 23.0 Å². The van der Waals surface area contributed by atoms with Gasteiger partial charge in [-0.05, 0) is 11.3 Å². The molecular formula is C9H13NO3. The molecule has 2 N–H and O–H groups in total. The van der Waals surface area contributed by atoms with Crippen molar-refractivity contribution in [3.05, 3.63) is 0 Å². The van der Waals surface area contributed by atoms with Crippen LogP contribution in [0, 0.1) is 17.8 Å². The molecule has 4 nitrogen and oxygen atoms in total. The molecule has 0 radical (unpaired) electrons. The van der Waals surface area contributed by atoms with Crippen LogP contribution in [0.5, 0.6) is 0 Å². The zero-order valence-corrected chi connectivity index (χ0v) is 7.92. The Morgan fingerprint density at radius 2 is 1.92 bits per heavy atom. The van der Waals surface area contributed by atoms with Crippen LogP contribution in [0.2, 0.25) is 0 Å². The Labute approximate surface area is 77.3 Å². The van der Waals surface area contributed by atoms with E-state index in [1.54, 1.807) is 20.8 Å². The Morgan fingerprint density at radius 3 is 2.15 bits per heavy atom. The lowest BCUT2D eigenvalue weighted by molar-refractivity contribution is -0.144. The highest BCUT2D eigenvalue weighted by Crippen LogP contribution is 2.19. The van der Waals surface area contributed by atoms with E-state index >= 15 is 0 Å². The number of hydrogen-bond acceptors (Lipinski definition) is 2. The molecule has 1 atom stereocenters. The van der Waals surface area contributed by atoms with Crippen LogP contribution in [0.1, 0.15) is 20.8 Å². The number of aliphatic carboxylic acids is 1. The first-order valence-electron chi connectivity index (χ1n) is 3.79. The van der Waals surface area contributed by atoms with Crippen molar-refractivity contribution in [1.82, 2.24) is 5.32 Å². The Hall–Kier alpha value is -1.50. The first-order chi connectivity index (χ1) is 5.79. The van der Waals surface area contributed by atoms with Gasteiger partial charge in [-0.15, -0.1) is 6.42 Å². The van der Waals surface area contributed by atoms with Crippen molar-refractivity contribution >= 4 is 11.9 Å². The fraction of sp³-hybridized carbons (Fsp3) is 0.556. The largest absolute Gasteiger partial charge is 0.480 e. The molecule has 0 rings (SSSR count). The Balaban J connectivity index is 4.58. The minimum absolute atomic E-state index is 0.557. The molecule has 0 aromatic heterocycles. The minimum Gasteiger partial charge on any atom is -0.480 e. The van der Waals surface area contributed by atoms with E-state index in [2.05, 4.69) is 5.32 Å². The van der Waals surface area contributed by atoms with Crippen LogP contribution < -0.4 is 5.32 Å². The van der Waals surface area contributed by atoms with Gasteiger partial charge in [-0.1, -0.05) is 20.8 Å². The third kappa shape index (κ3) is 3.61. The summed E-state index contributed by atoms with van der Waals surface area (Å²) in [6, 6.07) is -0.962. The first kappa shape index (κ1) is 11.5. The summed E-state index contributed by atoms with van der Waals surface area (Å²) in [5.41, 5.74) is -0.557. The topological polar surface area (TPSA) is 66.4 Å². The second-order valence-electron chi connectivity index (χ2n) is 3.76. The second kappa shape index (κ2) is 3.94. The van der Waals surface area contributed by atoms with Crippen LogP contribution in [0.4, 0.5) is 0 Å². The zero-order chi connectivity index (χ0) is 10.6. The highest BCUT2D eigenvalue weighted by atomic mass is 16.4. The number of carboxylic acid groups (broad SMARTS) is 1. The van der Waals surface area contributed by atoms with Gasteiger partial charge in [-0.25, -0.2) is 4.79 Å². The van der Waals surface area contributed by atoms with Crippen LogP contribution in [0.3, 0.4) is 0 Å². The maximum absolute atomic E-state index is 10.8. The van der Waals surface area contributed by atoms with Gasteiger partial charge in [-0.3, -0.25) is 4.79 Å². The standard InChI is InChI=1S/C9H13NO3/c1-5-6(11)10-7(8(12)13)9(2,3)4/h1,7H,2-4H3,(H,10,11)(H,12,13)/t7-/m1/s1. The molecule has 1 amide bonds. The molecule has 13 heavy (non-hydrogen) atoms. The molecule has 0 aromatic rings. The van der Waals surface area contributed by atoms with E-state index in [1.165, 1.54) is 0 Å². The molecule has 0 spiro atoms. The molecule has 72 valence electrons. The summed E-state index contributed by atoms with van der Waals surface area (Å²) in [5, 5.41) is 11.0.